The molecule has 6 heteroatoms. The Bertz CT molecular complexity index is 1000. The number of anilines is 1. The van der Waals surface area contributed by atoms with Crippen LogP contribution in [0.4, 0.5) is 5.69 Å². The van der Waals surface area contributed by atoms with Gasteiger partial charge in [-0.3, -0.25) is 0 Å². The lowest BCUT2D eigenvalue weighted by Gasteiger charge is -2.33. The molecule has 1 aliphatic carbocycles. The van der Waals surface area contributed by atoms with E-state index in [4.69, 9.17) is 0 Å². The maximum atomic E-state index is 4.63. The van der Waals surface area contributed by atoms with Gasteiger partial charge in [0.2, 0.25) is 5.82 Å². The Hall–Kier alpha value is -2.73. The van der Waals surface area contributed by atoms with E-state index in [1.807, 2.05) is 0 Å². The molecule has 0 saturated heterocycles. The zero-order valence-electron chi connectivity index (χ0n) is 18.7. The third kappa shape index (κ3) is 4.09. The number of rotatable bonds is 5. The fourth-order valence-corrected chi connectivity index (χ4v) is 5.36. The molecule has 3 aromatic rings. The first-order valence-electron chi connectivity index (χ1n) is 11.7. The second-order valence-corrected chi connectivity index (χ2v) is 9.30. The van der Waals surface area contributed by atoms with Crippen LogP contribution in [0.3, 0.4) is 0 Å². The number of nitrogens with one attached hydrogen (secondary N) is 1. The Morgan fingerprint density at radius 1 is 0.968 bits per heavy atom. The number of benzene rings is 2. The van der Waals surface area contributed by atoms with E-state index in [1.165, 1.54) is 59.4 Å². The Morgan fingerprint density at radius 3 is 2.45 bits per heavy atom. The van der Waals surface area contributed by atoms with Gasteiger partial charge in [0.05, 0.1) is 12.6 Å². The molecule has 162 valence electrons. The number of hydrogen-bond donors (Lipinski definition) is 1. The van der Waals surface area contributed by atoms with Gasteiger partial charge in [0.25, 0.3) is 0 Å². The van der Waals surface area contributed by atoms with Crippen LogP contribution in [-0.2, 0) is 13.0 Å². The van der Waals surface area contributed by atoms with Crippen LogP contribution in [0.1, 0.15) is 66.7 Å². The fraction of sp³-hybridized carbons (Fsp3) is 0.480. The lowest BCUT2D eigenvalue weighted by Crippen LogP contribution is -3.12. The Kier molecular flexibility index (Phi) is 5.72. The van der Waals surface area contributed by atoms with Gasteiger partial charge in [0, 0.05) is 37.3 Å². The number of aromatic nitrogens is 4. The highest BCUT2D eigenvalue weighted by Gasteiger charge is 2.35. The topological polar surface area (TPSA) is 51.3 Å². The SMILES string of the molecule is CN(C)c1ccc([C@H](c2nnnn2C2CCCCC2)[NH+]2CCc3ccccc3C2)cc1. The van der Waals surface area contributed by atoms with Crippen LogP contribution in [0.2, 0.25) is 0 Å². The molecule has 5 rings (SSSR count). The fourth-order valence-electron chi connectivity index (χ4n) is 5.36. The van der Waals surface area contributed by atoms with Crippen molar-refractivity contribution in [3.63, 3.8) is 0 Å². The molecule has 0 amide bonds. The van der Waals surface area contributed by atoms with Crippen LogP contribution < -0.4 is 9.80 Å². The highest BCUT2D eigenvalue weighted by Crippen LogP contribution is 2.30. The average Bonchev–Trinajstić information content (AvgIpc) is 3.29. The highest BCUT2D eigenvalue weighted by atomic mass is 15.6. The van der Waals surface area contributed by atoms with Gasteiger partial charge in [-0.2, -0.15) is 0 Å². The minimum Gasteiger partial charge on any atom is -0.378 e. The smallest absolute Gasteiger partial charge is 0.214 e. The van der Waals surface area contributed by atoms with E-state index >= 15 is 0 Å². The molecule has 6 nitrogen and oxygen atoms in total. The monoisotopic (exact) mass is 417 g/mol. The predicted octanol–water partition coefficient (Wildman–Crippen LogP) is 2.97. The van der Waals surface area contributed by atoms with Crippen molar-refractivity contribution in [2.45, 2.75) is 57.2 Å². The Balaban J connectivity index is 1.53. The van der Waals surface area contributed by atoms with Crippen LogP contribution in [0, 0.1) is 0 Å². The summed E-state index contributed by atoms with van der Waals surface area (Å²) < 4.78 is 2.16. The molecule has 1 aliphatic heterocycles. The largest absolute Gasteiger partial charge is 0.378 e. The third-order valence-corrected chi connectivity index (χ3v) is 7.10. The minimum atomic E-state index is 0.140. The number of hydrogen-bond acceptors (Lipinski definition) is 4. The predicted molar refractivity (Wildman–Crippen MR) is 122 cm³/mol. The van der Waals surface area contributed by atoms with Crippen molar-refractivity contribution in [3.05, 3.63) is 71.0 Å². The lowest BCUT2D eigenvalue weighted by molar-refractivity contribution is -0.941. The van der Waals surface area contributed by atoms with Crippen LogP contribution >= 0.6 is 0 Å². The third-order valence-electron chi connectivity index (χ3n) is 7.10. The second-order valence-electron chi connectivity index (χ2n) is 9.30. The maximum Gasteiger partial charge on any atom is 0.214 e. The molecule has 0 radical (unpaired) electrons. The maximum absolute atomic E-state index is 4.63. The van der Waals surface area contributed by atoms with Gasteiger partial charge in [-0.15, -0.1) is 5.10 Å². The van der Waals surface area contributed by atoms with E-state index in [9.17, 15) is 0 Å². The van der Waals surface area contributed by atoms with E-state index in [0.717, 1.165) is 25.3 Å². The molecule has 1 unspecified atom stereocenters. The molecule has 1 fully saturated rings. The van der Waals surface area contributed by atoms with Crippen molar-refractivity contribution in [2.75, 3.05) is 25.5 Å². The lowest BCUT2D eigenvalue weighted by atomic mass is 9.94. The quantitative estimate of drug-likeness (QED) is 0.694. The van der Waals surface area contributed by atoms with Crippen molar-refractivity contribution >= 4 is 5.69 Å². The molecule has 2 heterocycles. The van der Waals surface area contributed by atoms with E-state index in [1.54, 1.807) is 0 Å². The van der Waals surface area contributed by atoms with Gasteiger partial charge in [0.15, 0.2) is 6.04 Å². The zero-order valence-corrected chi connectivity index (χ0v) is 18.7. The van der Waals surface area contributed by atoms with E-state index < -0.39 is 0 Å². The van der Waals surface area contributed by atoms with Crippen LogP contribution in [0.5, 0.6) is 0 Å². The summed E-state index contributed by atoms with van der Waals surface area (Å²) in [4.78, 5) is 3.68. The molecule has 0 spiro atoms. The summed E-state index contributed by atoms with van der Waals surface area (Å²) in [6.07, 6.45) is 7.34. The first kappa shape index (κ1) is 20.2. The van der Waals surface area contributed by atoms with Crippen LogP contribution in [0.15, 0.2) is 48.5 Å². The van der Waals surface area contributed by atoms with Crippen LogP contribution in [0.25, 0.3) is 0 Å². The normalized spacial score (nSPS) is 20.3. The minimum absolute atomic E-state index is 0.140. The molecular formula is C25H33N6+. The molecular weight excluding hydrogens is 384 g/mol. The Labute approximate surface area is 184 Å². The molecule has 2 aliphatic rings. The standard InChI is InChI=1S/C25H32N6/c1-29(2)22-14-12-20(13-15-22)24(30-17-16-19-8-6-7-9-21(19)18-30)25-26-27-28-31(25)23-10-4-3-5-11-23/h6-9,12-15,23-24H,3-5,10-11,16-18H2,1-2H3/p+1/t24-/m1/s1. The summed E-state index contributed by atoms with van der Waals surface area (Å²) in [5, 5.41) is 13.3. The van der Waals surface area contributed by atoms with Gasteiger partial charge in [0.1, 0.15) is 6.54 Å². The number of nitrogens with zero attached hydrogens (tertiary/aromatic N) is 5. The summed E-state index contributed by atoms with van der Waals surface area (Å²) in [6, 6.07) is 18.4. The number of fused-ring (bicyclic) bond motifs is 1. The van der Waals surface area contributed by atoms with Gasteiger partial charge in [-0.1, -0.05) is 55.7 Å². The second kappa shape index (κ2) is 8.79. The van der Waals surface area contributed by atoms with Gasteiger partial charge < -0.3 is 9.80 Å². The first-order valence-corrected chi connectivity index (χ1v) is 11.7. The molecule has 0 bridgehead atoms. The van der Waals surface area contributed by atoms with Crippen molar-refractivity contribution in [2.24, 2.45) is 0 Å². The summed E-state index contributed by atoms with van der Waals surface area (Å²) in [7, 11) is 4.17. The van der Waals surface area contributed by atoms with Crippen molar-refractivity contribution in [3.8, 4) is 0 Å². The molecule has 31 heavy (non-hydrogen) atoms. The van der Waals surface area contributed by atoms with E-state index in [0.29, 0.717) is 6.04 Å². The molecule has 1 saturated carbocycles. The van der Waals surface area contributed by atoms with Gasteiger partial charge >= 0.3 is 0 Å². The molecule has 1 N–H and O–H groups in total. The summed E-state index contributed by atoms with van der Waals surface area (Å²) in [5.74, 6) is 1.03. The van der Waals surface area contributed by atoms with E-state index in [-0.39, 0.29) is 6.04 Å². The summed E-state index contributed by atoms with van der Waals surface area (Å²) in [6.45, 7) is 2.10. The van der Waals surface area contributed by atoms with Gasteiger partial charge in [-0.05, 0) is 41.0 Å². The van der Waals surface area contributed by atoms with Crippen LogP contribution in [-0.4, -0.2) is 40.8 Å². The van der Waals surface area contributed by atoms with Crippen molar-refractivity contribution < 1.29 is 4.90 Å². The summed E-state index contributed by atoms with van der Waals surface area (Å²) in [5.41, 5.74) is 5.45. The zero-order chi connectivity index (χ0) is 21.2. The number of quaternary nitrogens is 1. The highest BCUT2D eigenvalue weighted by molar-refractivity contribution is 5.46. The Morgan fingerprint density at radius 2 is 1.71 bits per heavy atom. The molecule has 1 aromatic heterocycles. The van der Waals surface area contributed by atoms with E-state index in [2.05, 4.69) is 87.7 Å². The molecule has 2 aromatic carbocycles. The van der Waals surface area contributed by atoms with Gasteiger partial charge in [-0.25, -0.2) is 4.68 Å². The molecule has 2 atom stereocenters. The summed E-state index contributed by atoms with van der Waals surface area (Å²) >= 11 is 0. The first-order chi connectivity index (χ1) is 15.2. The van der Waals surface area contributed by atoms with Crippen molar-refractivity contribution in [1.29, 1.82) is 0 Å². The number of tetrazole rings is 1. The van der Waals surface area contributed by atoms with Crippen molar-refractivity contribution in [1.82, 2.24) is 20.2 Å². The average molecular weight is 418 g/mol.